The van der Waals surface area contributed by atoms with E-state index < -0.39 is 27.4 Å². The molecule has 2 aromatic carbocycles. The number of alkyl halides is 3. The summed E-state index contributed by atoms with van der Waals surface area (Å²) in [6.07, 6.45) is 1.64. The van der Waals surface area contributed by atoms with Crippen molar-refractivity contribution in [1.29, 1.82) is 0 Å². The fourth-order valence-electron chi connectivity index (χ4n) is 3.94. The number of benzene rings is 2. The van der Waals surface area contributed by atoms with Crippen molar-refractivity contribution < 1.29 is 35.5 Å². The molecule has 2 aromatic rings. The van der Waals surface area contributed by atoms with Gasteiger partial charge in [-0.1, -0.05) is 37.6 Å². The number of rotatable bonds is 12. The van der Waals surface area contributed by atoms with E-state index in [1.165, 1.54) is 12.1 Å². The summed E-state index contributed by atoms with van der Waals surface area (Å²) in [6.45, 7) is 2.03. The Hall–Kier alpha value is -1.06. The van der Waals surface area contributed by atoms with Crippen molar-refractivity contribution in [1.82, 2.24) is 5.06 Å². The molecule has 0 aliphatic carbocycles. The van der Waals surface area contributed by atoms with E-state index in [4.69, 9.17) is 0 Å². The zero-order valence-electron chi connectivity index (χ0n) is 19.0. The Kier molecular flexibility index (Phi) is 10.00. The van der Waals surface area contributed by atoms with Crippen LogP contribution in [0.15, 0.2) is 30.3 Å². The first-order valence-corrected chi connectivity index (χ1v) is 15.7. The van der Waals surface area contributed by atoms with E-state index in [1.807, 2.05) is 6.92 Å². The van der Waals surface area contributed by atoms with Gasteiger partial charge in [0.25, 0.3) is 11.8 Å². The summed E-state index contributed by atoms with van der Waals surface area (Å²) in [7, 11) is -6.26. The number of carbonyl (C=O) groups is 2. The molecule has 2 amide bonds. The number of carbonyl (C=O) groups excluding carboxylic acids is 2. The minimum atomic E-state index is -6.26. The van der Waals surface area contributed by atoms with Crippen molar-refractivity contribution in [2.75, 3.05) is 23.0 Å². The van der Waals surface area contributed by atoms with E-state index in [0.29, 0.717) is 28.2 Å². The van der Waals surface area contributed by atoms with Gasteiger partial charge in [0.05, 0.1) is 11.1 Å². The minimum Gasteiger partial charge on any atom is -0.266 e. The molecule has 0 bridgehead atoms. The zero-order valence-corrected chi connectivity index (χ0v) is 23.3. The maximum Gasteiger partial charge on any atom is 0.525 e. The predicted molar refractivity (Wildman–Crippen MR) is 145 cm³/mol. The molecule has 0 radical (unpaired) electrons. The summed E-state index contributed by atoms with van der Waals surface area (Å²) in [5.41, 5.74) is -5.47. The van der Waals surface area contributed by atoms with Gasteiger partial charge < -0.3 is 0 Å². The summed E-state index contributed by atoms with van der Waals surface area (Å²) in [5, 5.41) is 0.234. The summed E-state index contributed by atoms with van der Waals surface area (Å²) >= 11 is 11.8. The topological polar surface area (TPSA) is 80.8 Å². The van der Waals surface area contributed by atoms with Gasteiger partial charge in [-0.05, 0) is 34.9 Å². The highest BCUT2D eigenvalue weighted by atomic mass is 32.2. The molecule has 36 heavy (non-hydrogen) atoms. The summed E-state index contributed by atoms with van der Waals surface area (Å²) < 4.78 is 66.7. The van der Waals surface area contributed by atoms with E-state index >= 15 is 0 Å². The molecule has 0 spiro atoms. The highest BCUT2D eigenvalue weighted by Gasteiger charge is 2.52. The van der Waals surface area contributed by atoms with Crippen LogP contribution in [-0.4, -0.2) is 59.1 Å². The number of hydroxylamine groups is 2. The van der Waals surface area contributed by atoms with E-state index in [-0.39, 0.29) is 32.1 Å². The first kappa shape index (κ1) is 29.5. The van der Waals surface area contributed by atoms with Gasteiger partial charge in [0.1, 0.15) is 0 Å². The van der Waals surface area contributed by atoms with Crippen LogP contribution in [0, 0.1) is 0 Å². The number of thiol groups is 2. The second-order valence-electron chi connectivity index (χ2n) is 7.75. The molecule has 198 valence electrons. The molecule has 0 saturated heterocycles. The Morgan fingerprint density at radius 1 is 1.03 bits per heavy atom. The minimum absolute atomic E-state index is 0.0200. The lowest BCUT2D eigenvalue weighted by Gasteiger charge is -2.32. The van der Waals surface area contributed by atoms with Crippen LogP contribution in [0.2, 0.25) is 0 Å². The monoisotopic (exact) mass is 599 g/mol. The molecule has 0 N–H and O–H groups in total. The lowest BCUT2D eigenvalue weighted by molar-refractivity contribution is -0.0761. The Morgan fingerprint density at radius 3 is 2.31 bits per heavy atom. The van der Waals surface area contributed by atoms with Gasteiger partial charge in [-0.25, -0.2) is 0 Å². The van der Waals surface area contributed by atoms with Crippen LogP contribution in [0.25, 0.3) is 10.8 Å². The van der Waals surface area contributed by atoms with Crippen LogP contribution >= 0.6 is 48.8 Å². The molecule has 1 heterocycles. The summed E-state index contributed by atoms with van der Waals surface area (Å²) in [4.78, 5) is 26.5. The van der Waals surface area contributed by atoms with E-state index in [9.17, 15) is 31.2 Å². The molecule has 6 nitrogen and oxygen atoms in total. The molecular weight excluding hydrogens is 576 g/mol. The van der Waals surface area contributed by atoms with Crippen molar-refractivity contribution in [3.8, 4) is 0 Å². The van der Waals surface area contributed by atoms with Gasteiger partial charge in [-0.15, -0.1) is 9.35 Å². The van der Waals surface area contributed by atoms with Crippen LogP contribution in [0.4, 0.5) is 13.2 Å². The van der Waals surface area contributed by atoms with Gasteiger partial charge in [-0.3, -0.25) is 9.59 Å². The largest absolute Gasteiger partial charge is 0.525 e. The maximum atomic E-state index is 13.5. The van der Waals surface area contributed by atoms with Gasteiger partial charge in [-0.2, -0.15) is 70.4 Å². The number of halogens is 3. The number of hydrogen-bond acceptors (Lipinski definition) is 9. The molecule has 3 rings (SSSR count). The average Bonchev–Trinajstić information content (AvgIpc) is 2.83. The molecule has 1 aliphatic heterocycles. The summed E-state index contributed by atoms with van der Waals surface area (Å²) in [6, 6.07) is 7.97. The number of imide groups is 1. The van der Waals surface area contributed by atoms with E-state index in [1.54, 1.807) is 41.7 Å². The van der Waals surface area contributed by atoms with Crippen molar-refractivity contribution in [2.45, 2.75) is 35.8 Å². The van der Waals surface area contributed by atoms with Crippen molar-refractivity contribution in [3.05, 3.63) is 47.0 Å². The lowest BCUT2D eigenvalue weighted by atomic mass is 9.89. The molecular formula is C22H24F3NO5S5. The van der Waals surface area contributed by atoms with Crippen LogP contribution in [0.1, 0.15) is 51.3 Å². The van der Waals surface area contributed by atoms with Crippen molar-refractivity contribution >= 4 is 81.5 Å². The van der Waals surface area contributed by atoms with Crippen molar-refractivity contribution in [2.24, 2.45) is 0 Å². The fraction of sp³-hybridized carbons (Fsp3) is 0.455. The van der Waals surface area contributed by atoms with E-state index in [2.05, 4.69) is 29.5 Å². The Labute approximate surface area is 227 Å². The van der Waals surface area contributed by atoms with Crippen LogP contribution in [-0.2, 0) is 14.4 Å². The van der Waals surface area contributed by atoms with Gasteiger partial charge in [0.2, 0.25) is 0 Å². The van der Waals surface area contributed by atoms with Crippen LogP contribution in [0.3, 0.4) is 0 Å². The Bertz CT molecular complexity index is 1240. The maximum absolute atomic E-state index is 13.5. The Balaban J connectivity index is 2.23. The molecule has 14 heteroatoms. The first-order valence-electron chi connectivity index (χ1n) is 10.9. The number of thioether (sulfide) groups is 2. The molecule has 2 atom stereocenters. The van der Waals surface area contributed by atoms with Gasteiger partial charge >= 0.3 is 15.6 Å². The third kappa shape index (κ3) is 5.98. The number of amides is 2. The van der Waals surface area contributed by atoms with Crippen molar-refractivity contribution in [3.63, 3.8) is 0 Å². The molecule has 1 aliphatic rings. The normalized spacial score (nSPS) is 16.0. The number of hydrogen-bond donors (Lipinski definition) is 2. The van der Waals surface area contributed by atoms with Gasteiger partial charge in [0.15, 0.2) is 0 Å². The lowest BCUT2D eigenvalue weighted by Crippen LogP contribution is -2.45. The van der Waals surface area contributed by atoms with Gasteiger partial charge in [0, 0.05) is 27.4 Å². The number of nitrogens with zero attached hydrogens (tertiary/aromatic N) is 1. The average molecular weight is 600 g/mol. The molecule has 0 fully saturated rings. The molecule has 2 unspecified atom stereocenters. The SMILES string of the molecule is CCCC(SCCS)C(SCCS)c1ccc2cccc3c2c1C(=O)N(OS(=O)(=O)C(F)(F)F)C3=O. The fourth-order valence-corrected chi connectivity index (χ4v) is 7.68. The Morgan fingerprint density at radius 2 is 1.69 bits per heavy atom. The molecule has 0 saturated carbocycles. The summed E-state index contributed by atoms with van der Waals surface area (Å²) in [5.74, 6) is 0.0239. The molecule has 0 aromatic heterocycles. The smallest absolute Gasteiger partial charge is 0.266 e. The highest BCUT2D eigenvalue weighted by molar-refractivity contribution is 8.04. The van der Waals surface area contributed by atoms with E-state index in [0.717, 1.165) is 18.6 Å². The third-order valence-electron chi connectivity index (χ3n) is 5.38. The quantitative estimate of drug-likeness (QED) is 0.183. The standard InChI is InChI=1S/C22H24F3NO5S5/c1-2-4-16(34-11-9-32)19(35-12-10-33)14-8-7-13-5-3-6-15-17(13)18(14)21(28)26(20(15)27)31-36(29,30)22(23,24)25/h3,5-8,16,19,32-33H,2,4,9-12H2,1H3. The highest BCUT2D eigenvalue weighted by Crippen LogP contribution is 2.45. The van der Waals surface area contributed by atoms with Crippen LogP contribution in [0.5, 0.6) is 0 Å². The predicted octanol–water partition coefficient (Wildman–Crippen LogP) is 5.75. The first-order chi connectivity index (χ1) is 17.0. The second kappa shape index (κ2) is 12.2. The van der Waals surface area contributed by atoms with Crippen LogP contribution < -0.4 is 0 Å². The third-order valence-corrected chi connectivity index (χ3v) is 10.3. The zero-order chi connectivity index (χ0) is 26.7. The second-order valence-corrected chi connectivity index (χ2v) is 12.8.